The number of aromatic hydroxyl groups is 1. The summed E-state index contributed by atoms with van der Waals surface area (Å²) in [6.45, 7) is 3.40. The number of piperidine rings is 1. The minimum absolute atomic E-state index is 0.0291. The third kappa shape index (κ3) is 2.43. The molecular weight excluding hydrogens is 437 g/mol. The lowest BCUT2D eigenvalue weighted by molar-refractivity contribution is -0.194. The van der Waals surface area contributed by atoms with Gasteiger partial charge in [-0.1, -0.05) is 6.07 Å². The topological polar surface area (TPSA) is 26.7 Å². The minimum Gasteiger partial charge on any atom is -0.508 e. The molecule has 2 saturated heterocycles. The smallest absolute Gasteiger partial charge is 0.395 e. The van der Waals surface area contributed by atoms with Crippen LogP contribution in [-0.2, 0) is 11.8 Å². The second-order valence-electron chi connectivity index (χ2n) is 13.2. The highest BCUT2D eigenvalue weighted by atomic mass is 19.4. The standard InChI is InChI=1S/C28H35F3N2O/c29-28(30,31)25(7-8-25)16-33-15-19-13-26-6-5-22(33)24(19)27(26)9-10-32(14-17-1-2-17)23(26)11-18-3-4-20(34)12-21(18)27/h3-4,12,17,19,22-24,34H,1-2,5-11,13-16H2/t19-,22?,23?,24?,26?,27?/m1/s1. The van der Waals surface area contributed by atoms with Crippen LogP contribution in [0.4, 0.5) is 13.2 Å². The number of halogens is 3. The monoisotopic (exact) mass is 472 g/mol. The van der Waals surface area contributed by atoms with Crippen LogP contribution >= 0.6 is 0 Å². The van der Waals surface area contributed by atoms with E-state index < -0.39 is 11.6 Å². The van der Waals surface area contributed by atoms with Crippen molar-refractivity contribution in [3.05, 3.63) is 29.3 Å². The van der Waals surface area contributed by atoms with Crippen LogP contribution < -0.4 is 0 Å². The predicted octanol–water partition coefficient (Wildman–Crippen LogP) is 5.11. The van der Waals surface area contributed by atoms with E-state index in [-0.39, 0.29) is 23.4 Å². The van der Waals surface area contributed by atoms with Gasteiger partial charge in [0.2, 0.25) is 0 Å². The summed E-state index contributed by atoms with van der Waals surface area (Å²) in [5.41, 5.74) is 1.58. The Morgan fingerprint density at radius 1 is 1.03 bits per heavy atom. The van der Waals surface area contributed by atoms with Crippen LogP contribution in [0.15, 0.2) is 18.2 Å². The molecule has 0 amide bonds. The second-order valence-corrected chi connectivity index (χ2v) is 13.2. The number of benzene rings is 1. The molecule has 2 aliphatic heterocycles. The molecule has 184 valence electrons. The fourth-order valence-electron chi connectivity index (χ4n) is 10.3. The Morgan fingerprint density at radius 3 is 2.59 bits per heavy atom. The van der Waals surface area contributed by atoms with Gasteiger partial charge in [0.15, 0.2) is 0 Å². The lowest BCUT2D eigenvalue weighted by Crippen LogP contribution is -2.69. The zero-order valence-corrected chi connectivity index (χ0v) is 19.8. The summed E-state index contributed by atoms with van der Waals surface area (Å²) in [5.74, 6) is 2.16. The van der Waals surface area contributed by atoms with Gasteiger partial charge < -0.3 is 5.11 Å². The van der Waals surface area contributed by atoms with E-state index in [1.54, 1.807) is 0 Å². The van der Waals surface area contributed by atoms with Crippen LogP contribution in [-0.4, -0.2) is 59.3 Å². The van der Waals surface area contributed by atoms with Gasteiger partial charge in [0.1, 0.15) is 5.75 Å². The van der Waals surface area contributed by atoms with Crippen molar-refractivity contribution in [2.45, 2.75) is 81.5 Å². The van der Waals surface area contributed by atoms with Gasteiger partial charge in [0.25, 0.3) is 0 Å². The number of fused-ring (bicyclic) bond motifs is 1. The van der Waals surface area contributed by atoms with Gasteiger partial charge in [-0.3, -0.25) is 9.80 Å². The second kappa shape index (κ2) is 6.34. The number of phenols is 1. The normalized spacial score (nSPS) is 44.1. The van der Waals surface area contributed by atoms with Crippen LogP contribution in [0.2, 0.25) is 0 Å². The molecule has 2 heterocycles. The lowest BCUT2D eigenvalue weighted by Gasteiger charge is -2.66. The quantitative estimate of drug-likeness (QED) is 0.660. The highest BCUT2D eigenvalue weighted by molar-refractivity contribution is 5.50. The Hall–Kier alpha value is -1.27. The van der Waals surface area contributed by atoms with Crippen molar-refractivity contribution in [1.82, 2.24) is 9.80 Å². The summed E-state index contributed by atoms with van der Waals surface area (Å²) in [4.78, 5) is 5.12. The minimum atomic E-state index is -4.08. The zero-order chi connectivity index (χ0) is 23.1. The molecule has 7 aliphatic rings. The molecule has 3 nitrogen and oxygen atoms in total. The maximum atomic E-state index is 13.9. The van der Waals surface area contributed by atoms with Gasteiger partial charge in [-0.05, 0) is 111 Å². The largest absolute Gasteiger partial charge is 0.508 e. The van der Waals surface area contributed by atoms with Crippen LogP contribution in [0.1, 0.15) is 62.5 Å². The van der Waals surface area contributed by atoms with Crippen molar-refractivity contribution in [3.8, 4) is 5.75 Å². The van der Waals surface area contributed by atoms with E-state index in [2.05, 4.69) is 21.9 Å². The van der Waals surface area contributed by atoms with E-state index in [1.807, 2.05) is 6.07 Å². The summed E-state index contributed by atoms with van der Waals surface area (Å²) in [7, 11) is 0. The van der Waals surface area contributed by atoms with Gasteiger partial charge in [-0.2, -0.15) is 13.2 Å². The molecule has 4 bridgehead atoms. The Labute approximate surface area is 199 Å². The molecule has 8 rings (SSSR count). The molecule has 5 aliphatic carbocycles. The van der Waals surface area contributed by atoms with Crippen molar-refractivity contribution in [3.63, 3.8) is 0 Å². The number of likely N-dealkylation sites (tertiary alicyclic amines) is 2. The number of phenolic OH excluding ortho intramolecular Hbond substituents is 1. The Kier molecular flexibility index (Phi) is 3.89. The van der Waals surface area contributed by atoms with Crippen LogP contribution in [0.5, 0.6) is 5.75 Å². The Balaban J connectivity index is 1.22. The molecule has 0 spiro atoms. The SMILES string of the molecule is Oc1ccc2c(c1)C13CCN(CC4CC4)C(C2)C12CCC1C3[C@@H](CN1CC1(C(F)(F)F)CC1)C2. The van der Waals surface area contributed by atoms with E-state index in [4.69, 9.17) is 0 Å². The first-order valence-electron chi connectivity index (χ1n) is 13.6. The summed E-state index contributed by atoms with van der Waals surface area (Å²) in [5, 5.41) is 10.5. The van der Waals surface area contributed by atoms with E-state index in [9.17, 15) is 18.3 Å². The van der Waals surface area contributed by atoms with Gasteiger partial charge in [-0.25, -0.2) is 0 Å². The zero-order valence-electron chi connectivity index (χ0n) is 19.8. The highest BCUT2D eigenvalue weighted by Gasteiger charge is 2.76. The number of nitrogens with zero attached hydrogens (tertiary/aromatic N) is 2. The van der Waals surface area contributed by atoms with Crippen molar-refractivity contribution in [2.24, 2.45) is 28.6 Å². The predicted molar refractivity (Wildman–Crippen MR) is 123 cm³/mol. The van der Waals surface area contributed by atoms with Crippen molar-refractivity contribution >= 4 is 0 Å². The van der Waals surface area contributed by atoms with Crippen LogP contribution in [0, 0.1) is 28.6 Å². The summed E-state index contributed by atoms with van der Waals surface area (Å²) in [6.07, 6.45) is 4.83. The van der Waals surface area contributed by atoms with Crippen LogP contribution in [0.3, 0.4) is 0 Å². The third-order valence-corrected chi connectivity index (χ3v) is 11.8. The van der Waals surface area contributed by atoms with Crippen molar-refractivity contribution in [1.29, 1.82) is 0 Å². The molecule has 6 atom stereocenters. The third-order valence-electron chi connectivity index (χ3n) is 11.8. The average molecular weight is 473 g/mol. The average Bonchev–Trinajstić information content (AvgIpc) is 3.68. The fourth-order valence-corrected chi connectivity index (χ4v) is 10.3. The van der Waals surface area contributed by atoms with Gasteiger partial charge in [-0.15, -0.1) is 0 Å². The maximum absolute atomic E-state index is 13.9. The summed E-state index contributed by atoms with van der Waals surface area (Å²) < 4.78 is 41.7. The molecule has 6 heteroatoms. The number of alkyl halides is 3. The molecule has 4 saturated carbocycles. The Morgan fingerprint density at radius 2 is 1.85 bits per heavy atom. The molecule has 6 fully saturated rings. The van der Waals surface area contributed by atoms with E-state index in [0.29, 0.717) is 36.5 Å². The van der Waals surface area contributed by atoms with E-state index >= 15 is 0 Å². The number of rotatable bonds is 4. The van der Waals surface area contributed by atoms with E-state index in [1.165, 1.54) is 36.9 Å². The van der Waals surface area contributed by atoms with Crippen LogP contribution in [0.25, 0.3) is 0 Å². The van der Waals surface area contributed by atoms with Crippen molar-refractivity contribution < 1.29 is 18.3 Å². The first-order valence-corrected chi connectivity index (χ1v) is 13.6. The van der Waals surface area contributed by atoms with E-state index in [0.717, 1.165) is 44.7 Å². The first kappa shape index (κ1) is 20.9. The molecular formula is C28H35F3N2O. The first-order chi connectivity index (χ1) is 16.3. The van der Waals surface area contributed by atoms with Gasteiger partial charge >= 0.3 is 6.18 Å². The maximum Gasteiger partial charge on any atom is 0.395 e. The lowest BCUT2D eigenvalue weighted by atomic mass is 9.43. The van der Waals surface area contributed by atoms with Gasteiger partial charge in [0, 0.05) is 37.1 Å². The molecule has 1 aromatic carbocycles. The molecule has 1 aromatic rings. The molecule has 5 unspecified atom stereocenters. The molecule has 0 aromatic heterocycles. The summed E-state index contributed by atoms with van der Waals surface area (Å²) in [6, 6.07) is 6.89. The van der Waals surface area contributed by atoms with Gasteiger partial charge in [0.05, 0.1) is 5.41 Å². The molecule has 1 N–H and O–H groups in total. The molecule has 0 radical (unpaired) electrons. The fraction of sp³-hybridized carbons (Fsp3) is 0.786. The number of hydrogen-bond donors (Lipinski definition) is 1. The summed E-state index contributed by atoms with van der Waals surface area (Å²) >= 11 is 0. The molecule has 34 heavy (non-hydrogen) atoms. The number of hydrogen-bond acceptors (Lipinski definition) is 3. The highest BCUT2D eigenvalue weighted by Crippen LogP contribution is 2.76. The Bertz CT molecular complexity index is 1050. The van der Waals surface area contributed by atoms with Crippen molar-refractivity contribution in [2.75, 3.05) is 26.2 Å².